The molecule has 114 valence electrons. The van der Waals surface area contributed by atoms with Gasteiger partial charge in [-0.05, 0) is 12.1 Å². The average molecular weight is 315 g/mol. The third-order valence-electron chi connectivity index (χ3n) is 3.48. The molecule has 1 unspecified atom stereocenters. The van der Waals surface area contributed by atoms with Crippen molar-refractivity contribution in [3.8, 4) is 0 Å². The number of rotatable bonds is 5. The number of benzene rings is 1. The lowest BCUT2D eigenvalue weighted by molar-refractivity contribution is -0.384. The van der Waals surface area contributed by atoms with Gasteiger partial charge in [0.05, 0.1) is 11.5 Å². The second-order valence-electron chi connectivity index (χ2n) is 4.80. The Morgan fingerprint density at radius 3 is 2.95 bits per heavy atom. The molecule has 1 fully saturated rings. The predicted octanol–water partition coefficient (Wildman–Crippen LogP) is 1.78. The summed E-state index contributed by atoms with van der Waals surface area (Å²) in [5.41, 5.74) is -0.653. The first kappa shape index (κ1) is 15.7. The fraction of sp³-hybridized carbons (Fsp3) is 0.462. The zero-order chi connectivity index (χ0) is 15.5. The summed E-state index contributed by atoms with van der Waals surface area (Å²) in [5, 5.41) is 13.5. The third kappa shape index (κ3) is 3.49. The van der Waals surface area contributed by atoms with Gasteiger partial charge < -0.3 is 14.8 Å². The highest BCUT2D eigenvalue weighted by atomic mass is 35.5. The van der Waals surface area contributed by atoms with E-state index in [4.69, 9.17) is 21.1 Å². The molecule has 1 aliphatic heterocycles. The van der Waals surface area contributed by atoms with Gasteiger partial charge in [0.25, 0.3) is 11.6 Å². The summed E-state index contributed by atoms with van der Waals surface area (Å²) in [6.45, 7) is 1.26. The first-order valence-corrected chi connectivity index (χ1v) is 6.70. The molecule has 2 rings (SSSR count). The Bertz CT molecular complexity index is 557. The number of nitrogens with zero attached hydrogens (tertiary/aromatic N) is 1. The van der Waals surface area contributed by atoms with Gasteiger partial charge in [-0.2, -0.15) is 0 Å². The fourth-order valence-electron chi connectivity index (χ4n) is 2.10. The maximum Gasteiger partial charge on any atom is 0.288 e. The van der Waals surface area contributed by atoms with Crippen LogP contribution in [-0.4, -0.2) is 43.3 Å². The molecule has 1 aliphatic rings. The van der Waals surface area contributed by atoms with Crippen molar-refractivity contribution in [3.63, 3.8) is 0 Å². The first-order valence-electron chi connectivity index (χ1n) is 6.32. The minimum absolute atomic E-state index is 0.00546. The van der Waals surface area contributed by atoms with Crippen molar-refractivity contribution in [1.82, 2.24) is 5.32 Å². The summed E-state index contributed by atoms with van der Waals surface area (Å²) in [7, 11) is 1.56. The molecular weight excluding hydrogens is 300 g/mol. The van der Waals surface area contributed by atoms with Crippen LogP contribution >= 0.6 is 11.6 Å². The van der Waals surface area contributed by atoms with E-state index in [1.165, 1.54) is 12.1 Å². The van der Waals surface area contributed by atoms with Crippen molar-refractivity contribution < 1.29 is 19.2 Å². The highest BCUT2D eigenvalue weighted by Gasteiger charge is 2.35. The molecule has 1 N–H and O–H groups in total. The first-order chi connectivity index (χ1) is 9.97. The van der Waals surface area contributed by atoms with Gasteiger partial charge in [0.2, 0.25) is 0 Å². The molecule has 0 radical (unpaired) electrons. The topological polar surface area (TPSA) is 90.7 Å². The molecule has 0 bridgehead atoms. The van der Waals surface area contributed by atoms with E-state index in [2.05, 4.69) is 5.32 Å². The molecule has 0 saturated carbocycles. The summed E-state index contributed by atoms with van der Waals surface area (Å²) in [6, 6.07) is 3.93. The normalized spacial score (nSPS) is 21.2. The van der Waals surface area contributed by atoms with Crippen molar-refractivity contribution in [2.75, 3.05) is 26.9 Å². The molecule has 0 aromatic heterocycles. The standard InChI is InChI=1S/C13H15ClN2O5/c1-20-13(4-5-21-8-13)7-15-12(17)9-2-3-10(14)11(6-9)16(18)19/h2-3,6H,4-5,7-8H2,1H3,(H,15,17). The van der Waals surface area contributed by atoms with Crippen LogP contribution in [0.2, 0.25) is 5.02 Å². The number of hydrogen-bond acceptors (Lipinski definition) is 5. The van der Waals surface area contributed by atoms with Crippen LogP contribution in [0.1, 0.15) is 16.8 Å². The number of amides is 1. The van der Waals surface area contributed by atoms with E-state index in [1.807, 2.05) is 0 Å². The molecular formula is C13H15ClN2O5. The Balaban J connectivity index is 2.07. The van der Waals surface area contributed by atoms with Gasteiger partial charge in [0.15, 0.2) is 0 Å². The van der Waals surface area contributed by atoms with Crippen molar-refractivity contribution in [3.05, 3.63) is 38.9 Å². The van der Waals surface area contributed by atoms with Crippen LogP contribution in [0.15, 0.2) is 18.2 Å². The molecule has 0 spiro atoms. The molecule has 21 heavy (non-hydrogen) atoms. The second kappa shape index (κ2) is 6.38. The quantitative estimate of drug-likeness (QED) is 0.661. The minimum Gasteiger partial charge on any atom is -0.378 e. The zero-order valence-corrected chi connectivity index (χ0v) is 12.2. The van der Waals surface area contributed by atoms with Crippen molar-refractivity contribution in [1.29, 1.82) is 0 Å². The van der Waals surface area contributed by atoms with Gasteiger partial charge in [-0.15, -0.1) is 0 Å². The van der Waals surface area contributed by atoms with Gasteiger partial charge in [0, 0.05) is 38.3 Å². The molecule has 1 heterocycles. The SMILES string of the molecule is COC1(CNC(=O)c2ccc(Cl)c([N+](=O)[O-])c2)CCOC1. The third-order valence-corrected chi connectivity index (χ3v) is 3.80. The molecule has 8 heteroatoms. The number of ether oxygens (including phenoxy) is 2. The maximum atomic E-state index is 12.1. The Kier molecular flexibility index (Phi) is 4.76. The summed E-state index contributed by atoms with van der Waals surface area (Å²) >= 11 is 5.71. The van der Waals surface area contributed by atoms with Gasteiger partial charge in [-0.1, -0.05) is 11.6 Å². The molecule has 0 aliphatic carbocycles. The smallest absolute Gasteiger partial charge is 0.288 e. The summed E-state index contributed by atoms with van der Waals surface area (Å²) in [4.78, 5) is 22.3. The second-order valence-corrected chi connectivity index (χ2v) is 5.20. The number of methoxy groups -OCH3 is 1. The number of nitro benzene ring substituents is 1. The van der Waals surface area contributed by atoms with Crippen LogP contribution in [0.3, 0.4) is 0 Å². The summed E-state index contributed by atoms with van der Waals surface area (Å²) in [6.07, 6.45) is 0.685. The van der Waals surface area contributed by atoms with Crippen LogP contribution in [0.5, 0.6) is 0 Å². The molecule has 1 atom stereocenters. The van der Waals surface area contributed by atoms with Crippen LogP contribution in [-0.2, 0) is 9.47 Å². The highest BCUT2D eigenvalue weighted by Crippen LogP contribution is 2.25. The lowest BCUT2D eigenvalue weighted by atomic mass is 10.0. The van der Waals surface area contributed by atoms with Gasteiger partial charge in [-0.3, -0.25) is 14.9 Å². The lowest BCUT2D eigenvalue weighted by Gasteiger charge is -2.25. The Morgan fingerprint density at radius 2 is 2.38 bits per heavy atom. The van der Waals surface area contributed by atoms with E-state index < -0.39 is 16.4 Å². The van der Waals surface area contributed by atoms with Crippen molar-refractivity contribution in [2.45, 2.75) is 12.0 Å². The van der Waals surface area contributed by atoms with E-state index in [9.17, 15) is 14.9 Å². The Morgan fingerprint density at radius 1 is 1.62 bits per heavy atom. The van der Waals surface area contributed by atoms with Gasteiger partial charge >= 0.3 is 0 Å². The van der Waals surface area contributed by atoms with Crippen molar-refractivity contribution >= 4 is 23.2 Å². The number of halogens is 1. The van der Waals surface area contributed by atoms with Crippen molar-refractivity contribution in [2.24, 2.45) is 0 Å². The summed E-state index contributed by atoms with van der Waals surface area (Å²) < 4.78 is 10.7. The largest absolute Gasteiger partial charge is 0.378 e. The van der Waals surface area contributed by atoms with E-state index in [1.54, 1.807) is 7.11 Å². The summed E-state index contributed by atoms with van der Waals surface area (Å²) in [5.74, 6) is -0.418. The lowest BCUT2D eigenvalue weighted by Crippen LogP contribution is -2.45. The van der Waals surface area contributed by atoms with Gasteiger partial charge in [0.1, 0.15) is 10.6 Å². The van der Waals surface area contributed by atoms with E-state index in [-0.39, 0.29) is 22.8 Å². The predicted molar refractivity (Wildman–Crippen MR) is 75.6 cm³/mol. The van der Waals surface area contributed by atoms with E-state index in [0.717, 1.165) is 6.07 Å². The maximum absolute atomic E-state index is 12.1. The van der Waals surface area contributed by atoms with Crippen LogP contribution in [0, 0.1) is 10.1 Å². The van der Waals surface area contributed by atoms with Crippen LogP contribution < -0.4 is 5.32 Å². The Hall–Kier alpha value is -1.70. The highest BCUT2D eigenvalue weighted by molar-refractivity contribution is 6.32. The van der Waals surface area contributed by atoms with Gasteiger partial charge in [-0.25, -0.2) is 0 Å². The molecule has 1 aromatic rings. The zero-order valence-electron chi connectivity index (χ0n) is 11.4. The average Bonchev–Trinajstić information content (AvgIpc) is 2.94. The number of nitro groups is 1. The Labute approximate surface area is 126 Å². The minimum atomic E-state index is -0.624. The number of nitrogens with one attached hydrogen (secondary N) is 1. The van der Waals surface area contributed by atoms with E-state index in [0.29, 0.717) is 19.6 Å². The van der Waals surface area contributed by atoms with Crippen LogP contribution in [0.25, 0.3) is 0 Å². The molecule has 1 saturated heterocycles. The molecule has 7 nitrogen and oxygen atoms in total. The number of carbonyl (C=O) groups is 1. The number of hydrogen-bond donors (Lipinski definition) is 1. The number of carbonyl (C=O) groups excluding carboxylic acids is 1. The monoisotopic (exact) mass is 314 g/mol. The molecule has 1 amide bonds. The fourth-order valence-corrected chi connectivity index (χ4v) is 2.28. The van der Waals surface area contributed by atoms with E-state index >= 15 is 0 Å². The molecule has 1 aromatic carbocycles. The van der Waals surface area contributed by atoms with Crippen LogP contribution in [0.4, 0.5) is 5.69 Å².